The van der Waals surface area contributed by atoms with E-state index in [0.717, 1.165) is 0 Å². The molecule has 0 amide bonds. The third-order valence-electron chi connectivity index (χ3n) is 1.20. The van der Waals surface area contributed by atoms with Crippen molar-refractivity contribution in [1.29, 1.82) is 0 Å². The Morgan fingerprint density at radius 3 is 3.38 bits per heavy atom. The molecule has 0 spiro atoms. The van der Waals surface area contributed by atoms with E-state index in [1.807, 2.05) is 0 Å². The zero-order valence-corrected chi connectivity index (χ0v) is 4.90. The molecule has 2 unspecified atom stereocenters. The molecule has 0 bridgehead atoms. The van der Waals surface area contributed by atoms with Gasteiger partial charge < -0.3 is 10.1 Å². The van der Waals surface area contributed by atoms with Crippen molar-refractivity contribution in [2.24, 2.45) is 0 Å². The van der Waals surface area contributed by atoms with Gasteiger partial charge >= 0.3 is 0 Å². The summed E-state index contributed by atoms with van der Waals surface area (Å²) in [7, 11) is 0. The van der Waals surface area contributed by atoms with Crippen LogP contribution in [0.5, 0.6) is 0 Å². The van der Waals surface area contributed by atoms with E-state index in [1.165, 1.54) is 0 Å². The van der Waals surface area contributed by atoms with Gasteiger partial charge in [-0.3, -0.25) is 0 Å². The second kappa shape index (κ2) is 2.46. The summed E-state index contributed by atoms with van der Waals surface area (Å²) in [5.41, 5.74) is 0. The molecule has 0 radical (unpaired) electrons. The molecular weight excluding hydrogens is 102 g/mol. The van der Waals surface area contributed by atoms with Crippen LogP contribution in [0.1, 0.15) is 19.3 Å². The Labute approximate surface area is 55.8 Å². The largest absolute Gasteiger partial charge is 0.376 e. The Bertz CT molecular complexity index is 171. The average Bonchev–Trinajstić information content (AvgIpc) is 1.93. The minimum Gasteiger partial charge on any atom is -0.376 e. The average molecular weight is 119 g/mol. The van der Waals surface area contributed by atoms with Crippen LogP contribution >= 0.6 is 0 Å². The Morgan fingerprint density at radius 1 is 2.00 bits per heavy atom. The monoisotopic (exact) mass is 119 g/mol. The van der Waals surface area contributed by atoms with Crippen LogP contribution in [0, 0.1) is 0 Å². The molecule has 1 saturated heterocycles. The highest BCUT2D eigenvalue weighted by Crippen LogP contribution is 2.00. The number of hydrogen-bond acceptors (Lipinski definition) is 2. The highest BCUT2D eigenvalue weighted by Gasteiger charge is 2.15. The van der Waals surface area contributed by atoms with Gasteiger partial charge in [0, 0.05) is 16.7 Å². The van der Waals surface area contributed by atoms with E-state index in [0.29, 0.717) is 6.54 Å². The fourth-order valence-corrected chi connectivity index (χ4v) is 0.654. The lowest BCUT2D eigenvalue weighted by molar-refractivity contribution is 0.0135. The summed E-state index contributed by atoms with van der Waals surface area (Å²) in [5.74, 6) is 0. The van der Waals surface area contributed by atoms with Gasteiger partial charge in [-0.1, -0.05) is 0 Å². The van der Waals surface area contributed by atoms with Gasteiger partial charge in [-0.05, 0) is 13.8 Å². The van der Waals surface area contributed by atoms with Crippen molar-refractivity contribution in [3.05, 3.63) is 0 Å². The zero-order chi connectivity index (χ0) is 9.41. The second-order valence-electron chi connectivity index (χ2n) is 1.89. The lowest BCUT2D eigenvalue weighted by Crippen LogP contribution is -2.44. The van der Waals surface area contributed by atoms with E-state index in [1.54, 1.807) is 6.92 Å². The molecule has 2 atom stereocenters. The number of nitrogens with one attached hydrogen (secondary N) is 1. The lowest BCUT2D eigenvalue weighted by atomic mass is 10.2. The van der Waals surface area contributed by atoms with Crippen LogP contribution < -0.4 is 5.32 Å². The van der Waals surface area contributed by atoms with E-state index in [-0.39, 0.29) is 6.61 Å². The predicted octanol–water partition coefficient (Wildman–Crippen LogP) is 0.383. The van der Waals surface area contributed by atoms with Gasteiger partial charge in [-0.2, -0.15) is 0 Å². The molecule has 0 aromatic rings. The number of ether oxygens (including phenoxy) is 1. The Morgan fingerprint density at radius 2 is 2.88 bits per heavy atom. The van der Waals surface area contributed by atoms with Crippen molar-refractivity contribution in [3.8, 4) is 0 Å². The molecule has 1 rings (SSSR count). The second-order valence-corrected chi connectivity index (χ2v) is 1.89. The summed E-state index contributed by atoms with van der Waals surface area (Å²) in [4.78, 5) is 0. The maximum atomic E-state index is 7.63. The van der Waals surface area contributed by atoms with E-state index in [9.17, 15) is 0 Å². The fourth-order valence-electron chi connectivity index (χ4n) is 0.654. The maximum Gasteiger partial charge on any atom is 0.0697 e. The molecular formula is C6H13NO. The van der Waals surface area contributed by atoms with E-state index in [4.69, 9.17) is 10.2 Å². The van der Waals surface area contributed by atoms with Crippen molar-refractivity contribution in [2.75, 3.05) is 13.2 Å². The van der Waals surface area contributed by atoms with E-state index < -0.39 is 19.0 Å². The molecule has 8 heavy (non-hydrogen) atoms. The summed E-state index contributed by atoms with van der Waals surface area (Å²) in [5, 5.41) is 2.91. The molecule has 1 aliphatic heterocycles. The molecule has 0 saturated carbocycles. The summed E-state index contributed by atoms with van der Waals surface area (Å²) in [6.07, 6.45) is -1.79. The predicted molar refractivity (Wildman–Crippen MR) is 32.9 cm³/mol. The molecule has 1 fully saturated rings. The smallest absolute Gasteiger partial charge is 0.0697 e. The van der Waals surface area contributed by atoms with E-state index in [2.05, 4.69) is 5.32 Å². The van der Waals surface area contributed by atoms with Crippen LogP contribution in [0.2, 0.25) is 0 Å². The maximum absolute atomic E-state index is 7.63. The first kappa shape index (κ1) is 2.67. The first-order valence-electron chi connectivity index (χ1n) is 4.75. The SMILES string of the molecule is [2H]C([2H])([2H])C1([2H])OCCNC1C. The zero-order valence-electron chi connectivity index (χ0n) is 8.90. The highest BCUT2D eigenvalue weighted by molar-refractivity contribution is 4.71. The molecule has 0 aromatic heterocycles. The summed E-state index contributed by atoms with van der Waals surface area (Å²) in [6.45, 7) is 0.155. The van der Waals surface area contributed by atoms with Crippen LogP contribution in [0.4, 0.5) is 0 Å². The summed E-state index contributed by atoms with van der Waals surface area (Å²) >= 11 is 0. The third-order valence-corrected chi connectivity index (χ3v) is 1.20. The van der Waals surface area contributed by atoms with Crippen molar-refractivity contribution < 1.29 is 10.2 Å². The van der Waals surface area contributed by atoms with Crippen LogP contribution in [0.15, 0.2) is 0 Å². The first-order valence-corrected chi connectivity index (χ1v) is 2.75. The molecule has 1 heterocycles. The Kier molecular flexibility index (Phi) is 0.822. The van der Waals surface area contributed by atoms with Gasteiger partial charge in [0.2, 0.25) is 0 Å². The fraction of sp³-hybridized carbons (Fsp3) is 1.00. The highest BCUT2D eigenvalue weighted by atomic mass is 16.5. The molecule has 0 aliphatic carbocycles. The van der Waals surface area contributed by atoms with Crippen LogP contribution in [-0.2, 0) is 4.74 Å². The normalized spacial score (nSPS) is 57.9. The first-order chi connectivity index (χ1) is 5.38. The molecule has 48 valence electrons. The standard InChI is InChI=1S/C6H13NO/c1-5-6(2)8-4-3-7-5/h5-7H,3-4H2,1-2H3/i2D3,6D. The number of rotatable bonds is 0. The summed E-state index contributed by atoms with van der Waals surface area (Å²) in [6, 6.07) is -0.459. The van der Waals surface area contributed by atoms with Crippen LogP contribution in [-0.4, -0.2) is 25.3 Å². The van der Waals surface area contributed by atoms with Crippen molar-refractivity contribution in [3.63, 3.8) is 0 Å². The van der Waals surface area contributed by atoms with E-state index >= 15 is 0 Å². The minimum absolute atomic E-state index is 0.284. The molecule has 1 aliphatic rings. The van der Waals surface area contributed by atoms with Crippen LogP contribution in [0.25, 0.3) is 0 Å². The van der Waals surface area contributed by atoms with Gasteiger partial charge in [0.05, 0.1) is 14.1 Å². The quantitative estimate of drug-likeness (QED) is 0.498. The minimum atomic E-state index is -2.39. The molecule has 2 nitrogen and oxygen atoms in total. The van der Waals surface area contributed by atoms with Gasteiger partial charge in [0.25, 0.3) is 0 Å². The number of morpholine rings is 1. The van der Waals surface area contributed by atoms with Gasteiger partial charge in [-0.15, -0.1) is 0 Å². The Hall–Kier alpha value is -0.0800. The van der Waals surface area contributed by atoms with Gasteiger partial charge in [0.15, 0.2) is 0 Å². The topological polar surface area (TPSA) is 21.3 Å². The van der Waals surface area contributed by atoms with Crippen molar-refractivity contribution in [1.82, 2.24) is 5.32 Å². The van der Waals surface area contributed by atoms with Crippen molar-refractivity contribution >= 4 is 0 Å². The van der Waals surface area contributed by atoms with Crippen molar-refractivity contribution in [2.45, 2.75) is 25.9 Å². The molecule has 1 N–H and O–H groups in total. The third kappa shape index (κ3) is 1.20. The van der Waals surface area contributed by atoms with Gasteiger partial charge in [-0.25, -0.2) is 0 Å². The molecule has 2 heteroatoms. The molecule has 0 aromatic carbocycles. The Balaban J connectivity index is 2.79. The van der Waals surface area contributed by atoms with Crippen LogP contribution in [0.3, 0.4) is 0 Å². The number of hydrogen-bond donors (Lipinski definition) is 1. The lowest BCUT2D eigenvalue weighted by Gasteiger charge is -2.26. The van der Waals surface area contributed by atoms with Gasteiger partial charge in [0.1, 0.15) is 0 Å². The summed E-state index contributed by atoms with van der Waals surface area (Å²) < 4.78 is 34.0.